The monoisotopic (exact) mass is 577 g/mol. The topological polar surface area (TPSA) is 102 Å². The first-order valence-corrected chi connectivity index (χ1v) is 16.6. The summed E-state index contributed by atoms with van der Waals surface area (Å²) in [5.41, 5.74) is 2.12. The Labute approximate surface area is 241 Å². The normalized spacial score (nSPS) is 27.6. The molecule has 4 aliphatic rings. The Morgan fingerprint density at radius 2 is 1.50 bits per heavy atom. The van der Waals surface area contributed by atoms with E-state index in [2.05, 4.69) is 33.0 Å². The molecule has 0 aromatic heterocycles. The van der Waals surface area contributed by atoms with Gasteiger partial charge in [0.15, 0.2) is 0 Å². The number of carbonyl (C=O) groups excluding carboxylic acids is 1. The highest BCUT2D eigenvalue weighted by molar-refractivity contribution is 7.86. The first-order valence-electron chi connectivity index (χ1n) is 15.2. The van der Waals surface area contributed by atoms with Crippen LogP contribution in [0.5, 0.6) is 0 Å². The van der Waals surface area contributed by atoms with E-state index in [-0.39, 0.29) is 35.2 Å². The zero-order valence-electron chi connectivity index (χ0n) is 25.9. The standard InChI is InChI=1S/C32H51NO6S/c1-17(2)23-14-25(19(5)6)28(15-24(23)18(3)4)40(36,37)38-16-27(33-31(35)39-32(7,8)9)30(34)29-22-11-20-10-21(13-22)26(29)12-20/h14-15,17-22,26-27,29-30,34H,10-13,16H2,1-9H3,(H,33,35)/t20?,21?,22?,26?,27-,29?,30-/m1/s1. The number of hydrogen-bond donors (Lipinski definition) is 2. The van der Waals surface area contributed by atoms with Crippen molar-refractivity contribution in [2.24, 2.45) is 29.6 Å². The predicted molar refractivity (Wildman–Crippen MR) is 157 cm³/mol. The second kappa shape index (κ2) is 11.6. The van der Waals surface area contributed by atoms with Crippen LogP contribution in [0, 0.1) is 29.6 Å². The molecule has 5 unspecified atom stereocenters. The highest BCUT2D eigenvalue weighted by Gasteiger charge is 2.56. The van der Waals surface area contributed by atoms with Gasteiger partial charge < -0.3 is 15.2 Å². The molecule has 4 bridgehead atoms. The number of ether oxygens (including phenoxy) is 1. The van der Waals surface area contributed by atoms with Crippen LogP contribution in [0.15, 0.2) is 17.0 Å². The van der Waals surface area contributed by atoms with Gasteiger partial charge in [0.2, 0.25) is 0 Å². The zero-order valence-corrected chi connectivity index (χ0v) is 26.7. The summed E-state index contributed by atoms with van der Waals surface area (Å²) in [7, 11) is -4.18. The largest absolute Gasteiger partial charge is 0.444 e. The van der Waals surface area contributed by atoms with Crippen molar-refractivity contribution in [3.63, 3.8) is 0 Å². The minimum absolute atomic E-state index is 0.0269. The van der Waals surface area contributed by atoms with Crippen LogP contribution in [0.4, 0.5) is 4.79 Å². The number of benzene rings is 1. The lowest BCUT2D eigenvalue weighted by atomic mass is 9.72. The third-order valence-electron chi connectivity index (χ3n) is 9.39. The molecule has 40 heavy (non-hydrogen) atoms. The quantitative estimate of drug-likeness (QED) is 0.300. The van der Waals surface area contributed by atoms with Crippen LogP contribution in [0.2, 0.25) is 0 Å². The van der Waals surface area contributed by atoms with E-state index in [0.717, 1.165) is 41.9 Å². The van der Waals surface area contributed by atoms with Gasteiger partial charge in [-0.25, -0.2) is 4.79 Å². The summed E-state index contributed by atoms with van der Waals surface area (Å²) >= 11 is 0. The lowest BCUT2D eigenvalue weighted by Crippen LogP contribution is -2.53. The molecule has 5 rings (SSSR count). The van der Waals surface area contributed by atoms with E-state index in [1.165, 1.54) is 6.42 Å². The number of amides is 1. The Morgan fingerprint density at radius 3 is 2.05 bits per heavy atom. The van der Waals surface area contributed by atoms with E-state index in [1.807, 2.05) is 19.9 Å². The van der Waals surface area contributed by atoms with E-state index >= 15 is 0 Å². The summed E-state index contributed by atoms with van der Waals surface area (Å²) in [5, 5.41) is 14.5. The van der Waals surface area contributed by atoms with Gasteiger partial charge in [-0.15, -0.1) is 0 Å². The Kier molecular flexibility index (Phi) is 9.05. The van der Waals surface area contributed by atoms with E-state index in [4.69, 9.17) is 8.92 Å². The van der Waals surface area contributed by atoms with Crippen molar-refractivity contribution >= 4 is 16.2 Å². The first-order chi connectivity index (χ1) is 18.5. The van der Waals surface area contributed by atoms with Gasteiger partial charge in [0.05, 0.1) is 23.6 Å². The summed E-state index contributed by atoms with van der Waals surface area (Å²) in [4.78, 5) is 13.0. The van der Waals surface area contributed by atoms with Gasteiger partial charge in [-0.2, -0.15) is 8.42 Å². The molecule has 8 heteroatoms. The van der Waals surface area contributed by atoms with E-state index in [9.17, 15) is 18.3 Å². The van der Waals surface area contributed by atoms with E-state index in [0.29, 0.717) is 17.8 Å². The number of rotatable bonds is 10. The van der Waals surface area contributed by atoms with Gasteiger partial charge >= 0.3 is 6.09 Å². The molecular weight excluding hydrogens is 526 g/mol. The number of nitrogens with one attached hydrogen (secondary N) is 1. The van der Waals surface area contributed by atoms with Crippen LogP contribution in [0.3, 0.4) is 0 Å². The maximum absolute atomic E-state index is 13.8. The molecule has 226 valence electrons. The van der Waals surface area contributed by atoms with Crippen molar-refractivity contribution in [3.8, 4) is 0 Å². The lowest BCUT2D eigenvalue weighted by Gasteiger charge is -2.38. The van der Waals surface area contributed by atoms with Crippen molar-refractivity contribution in [1.82, 2.24) is 5.32 Å². The lowest BCUT2D eigenvalue weighted by molar-refractivity contribution is -0.00835. The molecule has 0 radical (unpaired) electrons. The van der Waals surface area contributed by atoms with Crippen LogP contribution in [-0.2, 0) is 19.0 Å². The maximum atomic E-state index is 13.8. The Hall–Kier alpha value is -1.64. The van der Waals surface area contributed by atoms with Gasteiger partial charge in [-0.05, 0) is 117 Å². The van der Waals surface area contributed by atoms with E-state index in [1.54, 1.807) is 26.8 Å². The minimum Gasteiger partial charge on any atom is -0.444 e. The van der Waals surface area contributed by atoms with Crippen LogP contribution >= 0.6 is 0 Å². The summed E-state index contributed by atoms with van der Waals surface area (Å²) in [6.07, 6.45) is 2.95. The average molecular weight is 578 g/mol. The maximum Gasteiger partial charge on any atom is 0.408 e. The summed E-state index contributed by atoms with van der Waals surface area (Å²) in [5.74, 6) is 2.58. The number of aliphatic hydroxyl groups excluding tert-OH is 1. The molecule has 4 aliphatic carbocycles. The third kappa shape index (κ3) is 6.54. The SMILES string of the molecule is CC(C)c1cc(C(C)C)c(S(=O)(=O)OC[C@@H](NC(=O)OC(C)(C)C)[C@@H](O)C2C3CC4CC(C3)C2C4)cc1C(C)C. The van der Waals surface area contributed by atoms with Gasteiger partial charge in [0.25, 0.3) is 10.1 Å². The van der Waals surface area contributed by atoms with E-state index < -0.39 is 34.0 Å². The predicted octanol–water partition coefficient (Wildman–Crippen LogP) is 6.70. The third-order valence-corrected chi connectivity index (χ3v) is 10.7. The number of aliphatic hydroxyl groups is 1. The fourth-order valence-corrected chi connectivity index (χ4v) is 9.10. The van der Waals surface area contributed by atoms with Crippen molar-refractivity contribution in [1.29, 1.82) is 0 Å². The molecule has 0 aliphatic heterocycles. The highest BCUT2D eigenvalue weighted by Crippen LogP contribution is 2.62. The zero-order chi connectivity index (χ0) is 29.7. The molecule has 4 fully saturated rings. The van der Waals surface area contributed by atoms with Crippen LogP contribution in [0.25, 0.3) is 0 Å². The van der Waals surface area contributed by atoms with Gasteiger partial charge in [-0.3, -0.25) is 4.18 Å². The van der Waals surface area contributed by atoms with Crippen molar-refractivity contribution < 1.29 is 27.2 Å². The second-order valence-corrected chi connectivity index (χ2v) is 16.1. The molecule has 1 aromatic rings. The Balaban J connectivity index is 1.62. The summed E-state index contributed by atoms with van der Waals surface area (Å²) in [6.45, 7) is 17.3. The molecule has 0 saturated heterocycles. The van der Waals surface area contributed by atoms with Crippen molar-refractivity contribution in [3.05, 3.63) is 28.8 Å². The molecule has 0 heterocycles. The van der Waals surface area contributed by atoms with Crippen LogP contribution in [0.1, 0.15) is 122 Å². The van der Waals surface area contributed by atoms with Crippen LogP contribution < -0.4 is 5.32 Å². The number of alkyl carbamates (subject to hydrolysis) is 1. The van der Waals surface area contributed by atoms with Gasteiger partial charge in [-0.1, -0.05) is 47.6 Å². The second-order valence-electron chi connectivity index (χ2n) is 14.5. The summed E-state index contributed by atoms with van der Waals surface area (Å²) in [6, 6.07) is 2.87. The molecular formula is C32H51NO6S. The highest BCUT2D eigenvalue weighted by atomic mass is 32.2. The number of hydrogen-bond acceptors (Lipinski definition) is 6. The first kappa shape index (κ1) is 31.3. The fourth-order valence-electron chi connectivity index (χ4n) is 7.80. The van der Waals surface area contributed by atoms with Gasteiger partial charge in [0.1, 0.15) is 5.60 Å². The molecule has 2 N–H and O–H groups in total. The summed E-state index contributed by atoms with van der Waals surface area (Å²) < 4.78 is 38.8. The average Bonchev–Trinajstić information content (AvgIpc) is 3.25. The van der Waals surface area contributed by atoms with Crippen molar-refractivity contribution in [2.45, 2.75) is 128 Å². The molecule has 7 nitrogen and oxygen atoms in total. The molecule has 0 spiro atoms. The van der Waals surface area contributed by atoms with Crippen molar-refractivity contribution in [2.75, 3.05) is 6.61 Å². The van der Waals surface area contributed by atoms with Crippen LogP contribution in [-0.4, -0.2) is 44.0 Å². The Morgan fingerprint density at radius 1 is 0.925 bits per heavy atom. The molecule has 1 amide bonds. The molecule has 1 aromatic carbocycles. The van der Waals surface area contributed by atoms with Gasteiger partial charge in [0, 0.05) is 0 Å². The number of carbonyl (C=O) groups is 1. The molecule has 4 saturated carbocycles. The fraction of sp³-hybridized carbons (Fsp3) is 0.781. The Bertz CT molecular complexity index is 1180. The minimum atomic E-state index is -4.18. The smallest absolute Gasteiger partial charge is 0.408 e. The molecule has 7 atom stereocenters.